The van der Waals surface area contributed by atoms with Crippen molar-refractivity contribution in [2.75, 3.05) is 45.2 Å². The van der Waals surface area contributed by atoms with Crippen LogP contribution < -0.4 is 10.1 Å². The van der Waals surface area contributed by atoms with Gasteiger partial charge >= 0.3 is 0 Å². The van der Waals surface area contributed by atoms with E-state index in [4.69, 9.17) is 16.3 Å². The molecular formula is C22H26ClN3O3. The van der Waals surface area contributed by atoms with E-state index in [0.717, 1.165) is 16.8 Å². The second kappa shape index (κ2) is 9.29. The highest BCUT2D eigenvalue weighted by atomic mass is 35.5. The van der Waals surface area contributed by atoms with E-state index in [-0.39, 0.29) is 11.8 Å². The van der Waals surface area contributed by atoms with E-state index in [1.165, 1.54) is 7.11 Å². The molecule has 2 amide bonds. The molecule has 29 heavy (non-hydrogen) atoms. The molecule has 2 aromatic carbocycles. The molecule has 1 heterocycles. The summed E-state index contributed by atoms with van der Waals surface area (Å²) >= 11 is 6.05. The van der Waals surface area contributed by atoms with Crippen molar-refractivity contribution in [1.82, 2.24) is 9.80 Å². The number of nitrogens with zero attached hydrogens (tertiary/aromatic N) is 2. The lowest BCUT2D eigenvalue weighted by Gasteiger charge is -2.34. The van der Waals surface area contributed by atoms with E-state index in [1.54, 1.807) is 23.1 Å². The van der Waals surface area contributed by atoms with Gasteiger partial charge in [0.1, 0.15) is 5.75 Å². The minimum Gasteiger partial charge on any atom is -0.496 e. The quantitative estimate of drug-likeness (QED) is 0.813. The fourth-order valence-electron chi connectivity index (χ4n) is 3.41. The summed E-state index contributed by atoms with van der Waals surface area (Å²) in [7, 11) is 1.53. The first-order valence-corrected chi connectivity index (χ1v) is 9.98. The summed E-state index contributed by atoms with van der Waals surface area (Å²) in [4.78, 5) is 29.1. The van der Waals surface area contributed by atoms with Crippen LogP contribution in [0.2, 0.25) is 5.02 Å². The third-order valence-corrected chi connectivity index (χ3v) is 5.53. The highest BCUT2D eigenvalue weighted by Gasteiger charge is 2.25. The Hall–Kier alpha value is -2.57. The first-order chi connectivity index (χ1) is 13.9. The first-order valence-electron chi connectivity index (χ1n) is 9.60. The van der Waals surface area contributed by atoms with Gasteiger partial charge in [-0.3, -0.25) is 14.5 Å². The molecule has 0 aromatic heterocycles. The molecule has 1 N–H and O–H groups in total. The molecule has 1 saturated heterocycles. The van der Waals surface area contributed by atoms with E-state index >= 15 is 0 Å². The van der Waals surface area contributed by atoms with E-state index in [9.17, 15) is 9.59 Å². The summed E-state index contributed by atoms with van der Waals surface area (Å²) in [6.07, 6.45) is 0. The Morgan fingerprint density at radius 1 is 1.10 bits per heavy atom. The SMILES string of the molecule is COc1ccc(Cl)cc1C(=O)N1CCN(CC(=O)Nc2cccc(C)c2C)CC1. The van der Waals surface area contributed by atoms with Gasteiger partial charge in [-0.1, -0.05) is 23.7 Å². The molecule has 7 heteroatoms. The third kappa shape index (κ3) is 5.08. The van der Waals surface area contributed by atoms with Gasteiger partial charge in [-0.25, -0.2) is 0 Å². The Kier molecular flexibility index (Phi) is 6.77. The van der Waals surface area contributed by atoms with Crippen LogP contribution >= 0.6 is 11.6 Å². The van der Waals surface area contributed by atoms with E-state index in [1.807, 2.05) is 32.0 Å². The summed E-state index contributed by atoms with van der Waals surface area (Å²) in [5.74, 6) is 0.355. The lowest BCUT2D eigenvalue weighted by molar-refractivity contribution is -0.117. The van der Waals surface area contributed by atoms with Gasteiger partial charge in [0.05, 0.1) is 19.2 Å². The van der Waals surface area contributed by atoms with E-state index in [0.29, 0.717) is 49.1 Å². The molecule has 0 saturated carbocycles. The molecule has 0 unspecified atom stereocenters. The lowest BCUT2D eigenvalue weighted by atomic mass is 10.1. The molecule has 3 rings (SSSR count). The van der Waals surface area contributed by atoms with Crippen molar-refractivity contribution in [2.45, 2.75) is 13.8 Å². The number of halogens is 1. The molecule has 1 aliphatic rings. The standard InChI is InChI=1S/C22H26ClN3O3/c1-15-5-4-6-19(16(15)2)24-21(27)14-25-9-11-26(12-10-25)22(28)18-13-17(23)7-8-20(18)29-3/h4-8,13H,9-12,14H2,1-3H3,(H,24,27). The number of piperazine rings is 1. The highest BCUT2D eigenvalue weighted by Crippen LogP contribution is 2.24. The molecule has 2 aromatic rings. The monoisotopic (exact) mass is 415 g/mol. The van der Waals surface area contributed by atoms with Crippen LogP contribution in [0, 0.1) is 13.8 Å². The van der Waals surface area contributed by atoms with Gasteiger partial charge in [-0.05, 0) is 49.2 Å². The van der Waals surface area contributed by atoms with E-state index < -0.39 is 0 Å². The van der Waals surface area contributed by atoms with Crippen molar-refractivity contribution >= 4 is 29.1 Å². The average molecular weight is 416 g/mol. The molecule has 6 nitrogen and oxygen atoms in total. The van der Waals surface area contributed by atoms with Crippen LogP contribution in [0.4, 0.5) is 5.69 Å². The largest absolute Gasteiger partial charge is 0.496 e. The zero-order chi connectivity index (χ0) is 21.0. The number of rotatable bonds is 5. The molecular weight excluding hydrogens is 390 g/mol. The van der Waals surface area contributed by atoms with Crippen LogP contribution in [-0.2, 0) is 4.79 Å². The summed E-state index contributed by atoms with van der Waals surface area (Å²) < 4.78 is 5.29. The molecule has 0 aliphatic carbocycles. The maximum absolute atomic E-state index is 12.9. The number of hydrogen-bond acceptors (Lipinski definition) is 4. The maximum Gasteiger partial charge on any atom is 0.257 e. The average Bonchev–Trinajstić information content (AvgIpc) is 2.71. The van der Waals surface area contributed by atoms with Crippen LogP contribution in [-0.4, -0.2) is 61.4 Å². The minimum atomic E-state index is -0.108. The van der Waals surface area contributed by atoms with Crippen molar-refractivity contribution in [1.29, 1.82) is 0 Å². The van der Waals surface area contributed by atoms with Gasteiger partial charge in [0.15, 0.2) is 0 Å². The Bertz CT molecular complexity index is 908. The fraction of sp³-hybridized carbons (Fsp3) is 0.364. The van der Waals surface area contributed by atoms with Crippen LogP contribution in [0.5, 0.6) is 5.75 Å². The molecule has 0 radical (unpaired) electrons. The molecule has 0 bridgehead atoms. The van der Waals surface area contributed by atoms with Crippen molar-refractivity contribution in [3.05, 3.63) is 58.1 Å². The topological polar surface area (TPSA) is 61.9 Å². The number of anilines is 1. The van der Waals surface area contributed by atoms with Crippen LogP contribution in [0.1, 0.15) is 21.5 Å². The Morgan fingerprint density at radius 3 is 2.52 bits per heavy atom. The summed E-state index contributed by atoms with van der Waals surface area (Å²) in [6, 6.07) is 10.9. The summed E-state index contributed by atoms with van der Waals surface area (Å²) in [5, 5.41) is 3.48. The number of amides is 2. The number of benzene rings is 2. The van der Waals surface area contributed by atoms with Crippen molar-refractivity contribution in [3.8, 4) is 5.75 Å². The third-order valence-electron chi connectivity index (χ3n) is 5.30. The highest BCUT2D eigenvalue weighted by molar-refractivity contribution is 6.31. The minimum absolute atomic E-state index is 0.0463. The second-order valence-electron chi connectivity index (χ2n) is 7.21. The fourth-order valence-corrected chi connectivity index (χ4v) is 3.58. The number of methoxy groups -OCH3 is 1. The number of nitrogens with one attached hydrogen (secondary N) is 1. The molecule has 1 fully saturated rings. The van der Waals surface area contributed by atoms with Gasteiger partial charge in [0.2, 0.25) is 5.91 Å². The lowest BCUT2D eigenvalue weighted by Crippen LogP contribution is -2.50. The van der Waals surface area contributed by atoms with Crippen LogP contribution in [0.3, 0.4) is 0 Å². The van der Waals surface area contributed by atoms with Gasteiger partial charge in [-0.2, -0.15) is 0 Å². The second-order valence-corrected chi connectivity index (χ2v) is 7.65. The molecule has 0 spiro atoms. The van der Waals surface area contributed by atoms with Gasteiger partial charge in [-0.15, -0.1) is 0 Å². The Balaban J connectivity index is 1.55. The number of aryl methyl sites for hydroxylation is 1. The predicted molar refractivity (Wildman–Crippen MR) is 115 cm³/mol. The van der Waals surface area contributed by atoms with Gasteiger partial charge < -0.3 is 15.0 Å². The predicted octanol–water partition coefficient (Wildman–Crippen LogP) is 3.36. The van der Waals surface area contributed by atoms with Gasteiger partial charge in [0.25, 0.3) is 5.91 Å². The number of carbonyl (C=O) groups is 2. The zero-order valence-corrected chi connectivity index (χ0v) is 17.8. The zero-order valence-electron chi connectivity index (χ0n) is 17.0. The molecule has 154 valence electrons. The maximum atomic E-state index is 12.9. The van der Waals surface area contributed by atoms with Crippen molar-refractivity contribution < 1.29 is 14.3 Å². The van der Waals surface area contributed by atoms with Gasteiger partial charge in [0, 0.05) is 36.9 Å². The summed E-state index contributed by atoms with van der Waals surface area (Å²) in [6.45, 7) is 6.69. The smallest absolute Gasteiger partial charge is 0.257 e. The molecule has 1 aliphatic heterocycles. The number of hydrogen-bond donors (Lipinski definition) is 1. The Labute approximate surface area is 176 Å². The normalized spacial score (nSPS) is 14.6. The number of ether oxygens (including phenoxy) is 1. The van der Waals surface area contributed by atoms with Crippen LogP contribution in [0.25, 0.3) is 0 Å². The number of carbonyl (C=O) groups excluding carboxylic acids is 2. The van der Waals surface area contributed by atoms with Crippen LogP contribution in [0.15, 0.2) is 36.4 Å². The van der Waals surface area contributed by atoms with Crippen molar-refractivity contribution in [3.63, 3.8) is 0 Å². The molecule has 0 atom stereocenters. The first kappa shape index (κ1) is 21.1. The Morgan fingerprint density at radius 2 is 1.83 bits per heavy atom. The summed E-state index contributed by atoms with van der Waals surface area (Å²) in [5.41, 5.74) is 3.52. The van der Waals surface area contributed by atoms with E-state index in [2.05, 4.69) is 10.2 Å². The van der Waals surface area contributed by atoms with Crippen molar-refractivity contribution in [2.24, 2.45) is 0 Å².